The van der Waals surface area contributed by atoms with Crippen LogP contribution in [0.2, 0.25) is 0 Å². The van der Waals surface area contributed by atoms with Crippen LogP contribution in [0.1, 0.15) is 56.1 Å². The van der Waals surface area contributed by atoms with Crippen LogP contribution in [0.4, 0.5) is 5.82 Å². The number of ether oxygens (including phenoxy) is 2. The topological polar surface area (TPSA) is 99.2 Å². The van der Waals surface area contributed by atoms with Gasteiger partial charge in [0.25, 0.3) is 0 Å². The summed E-state index contributed by atoms with van der Waals surface area (Å²) in [5.41, 5.74) is 3.93. The first kappa shape index (κ1) is 29.7. The van der Waals surface area contributed by atoms with E-state index in [0.29, 0.717) is 23.8 Å². The van der Waals surface area contributed by atoms with Crippen molar-refractivity contribution in [3.05, 3.63) is 78.2 Å². The molecular weight excluding hydrogens is 602 g/mol. The molecule has 246 valence electrons. The second-order valence-electron chi connectivity index (χ2n) is 14.4. The Morgan fingerprint density at radius 3 is 2.58 bits per heavy atom. The van der Waals surface area contributed by atoms with Gasteiger partial charge in [-0.05, 0) is 55.9 Å². The third-order valence-electron chi connectivity index (χ3n) is 11.5. The van der Waals surface area contributed by atoms with Crippen molar-refractivity contribution < 1.29 is 14.3 Å². The Kier molecular flexibility index (Phi) is 7.17. The first-order chi connectivity index (χ1) is 23.5. The summed E-state index contributed by atoms with van der Waals surface area (Å²) in [6.07, 6.45) is 12.8. The Hall–Kier alpha value is -4.46. The molecule has 7 heterocycles. The third-order valence-corrected chi connectivity index (χ3v) is 11.5. The van der Waals surface area contributed by atoms with Crippen molar-refractivity contribution in [1.29, 1.82) is 5.26 Å². The summed E-state index contributed by atoms with van der Waals surface area (Å²) in [6.45, 7) is 5.67. The molecule has 48 heavy (non-hydrogen) atoms. The molecule has 6 aliphatic rings. The lowest BCUT2D eigenvalue weighted by Crippen LogP contribution is -2.72. The number of aromatic nitrogens is 3. The van der Waals surface area contributed by atoms with Gasteiger partial charge in [-0.3, -0.25) is 9.69 Å². The minimum atomic E-state index is -0.373. The highest BCUT2D eigenvalue weighted by atomic mass is 16.5. The van der Waals surface area contributed by atoms with Gasteiger partial charge in [0.05, 0.1) is 53.2 Å². The number of hydrogen-bond donors (Lipinski definition) is 0. The summed E-state index contributed by atoms with van der Waals surface area (Å²) in [5.74, 6) is 1.95. The molecule has 6 fully saturated rings. The summed E-state index contributed by atoms with van der Waals surface area (Å²) in [4.78, 5) is 26.1. The van der Waals surface area contributed by atoms with Crippen molar-refractivity contribution in [2.75, 3.05) is 50.8 Å². The summed E-state index contributed by atoms with van der Waals surface area (Å²) in [7, 11) is 0. The molecule has 2 atom stereocenters. The zero-order valence-electron chi connectivity index (χ0n) is 27.3. The zero-order valence-corrected chi connectivity index (χ0v) is 27.3. The molecule has 10 rings (SSSR count). The van der Waals surface area contributed by atoms with Crippen LogP contribution < -0.4 is 9.64 Å². The molecule has 1 spiro atoms. The number of carbonyl (C=O) groups is 1. The molecule has 4 aromatic rings. The summed E-state index contributed by atoms with van der Waals surface area (Å²) >= 11 is 0. The lowest BCUT2D eigenvalue weighted by Gasteiger charge is -2.58. The van der Waals surface area contributed by atoms with E-state index in [9.17, 15) is 10.1 Å². The second-order valence-corrected chi connectivity index (χ2v) is 14.4. The molecule has 10 nitrogen and oxygen atoms in total. The number of pyridine rings is 2. The van der Waals surface area contributed by atoms with Crippen LogP contribution in [0.5, 0.6) is 5.75 Å². The number of rotatable bonds is 8. The summed E-state index contributed by atoms with van der Waals surface area (Å²) < 4.78 is 14.0. The lowest BCUT2D eigenvalue weighted by atomic mass is 9.74. The average Bonchev–Trinajstić information content (AvgIpc) is 3.48. The molecule has 2 aliphatic carbocycles. The average molecular weight is 644 g/mol. The van der Waals surface area contributed by atoms with E-state index in [2.05, 4.69) is 62.3 Å². The minimum Gasteiger partial charge on any atom is -0.491 e. The van der Waals surface area contributed by atoms with Crippen molar-refractivity contribution >= 4 is 17.2 Å². The third kappa shape index (κ3) is 5.03. The number of morpholine rings is 1. The number of benzene rings is 1. The molecule has 1 aromatic carbocycles. The van der Waals surface area contributed by atoms with E-state index in [1.165, 1.54) is 5.56 Å². The van der Waals surface area contributed by atoms with Crippen LogP contribution in [0.25, 0.3) is 16.6 Å². The molecule has 2 bridgehead atoms. The molecular formula is C38H41N7O3. The molecule has 10 heteroatoms. The first-order valence-electron chi connectivity index (χ1n) is 17.5. The van der Waals surface area contributed by atoms with Crippen LogP contribution in [-0.2, 0) is 14.9 Å². The Morgan fingerprint density at radius 2 is 1.85 bits per heavy atom. The molecule has 4 saturated heterocycles. The smallest absolute Gasteiger partial charge is 0.233 e. The fraction of sp³-hybridized carbons (Fsp3) is 0.474. The molecule has 0 N–H and O–H groups in total. The van der Waals surface area contributed by atoms with Crippen molar-refractivity contribution in [2.24, 2.45) is 0 Å². The highest BCUT2D eigenvalue weighted by Crippen LogP contribution is 2.47. The summed E-state index contributed by atoms with van der Waals surface area (Å²) in [5, 5.41) is 14.3. The largest absolute Gasteiger partial charge is 0.491 e. The zero-order chi connectivity index (χ0) is 32.3. The van der Waals surface area contributed by atoms with E-state index >= 15 is 0 Å². The number of nitrogens with zero attached hydrogens (tertiary/aromatic N) is 7. The molecule has 0 radical (unpaired) electrons. The van der Waals surface area contributed by atoms with Crippen molar-refractivity contribution in [1.82, 2.24) is 24.4 Å². The van der Waals surface area contributed by atoms with Crippen molar-refractivity contribution in [3.8, 4) is 22.9 Å². The molecule has 1 amide bonds. The van der Waals surface area contributed by atoms with Gasteiger partial charge >= 0.3 is 0 Å². The van der Waals surface area contributed by atoms with Crippen molar-refractivity contribution in [2.45, 2.75) is 68.0 Å². The standard InChI is InChI=1S/C38H41N7O3/c39-20-28-22-41-44-25-32(47-16-14-42-15-17-48-37(26-42)12-13-37)19-33(35(28)44)27-8-9-34(40-21-27)43-23-30-18-31(24-43)45(30)36(46)38(10-4-5-11-38)29-6-2-1-3-7-29/h1-3,6-9,19,21-22,25,30-31H,4-5,10-18,23-24,26H2. The maximum atomic E-state index is 14.2. The van der Waals surface area contributed by atoms with Gasteiger partial charge < -0.3 is 19.3 Å². The number of carbonyl (C=O) groups excluding carboxylic acids is 1. The number of anilines is 1. The van der Waals surface area contributed by atoms with E-state index in [1.54, 1.807) is 10.7 Å². The fourth-order valence-electron chi connectivity index (χ4n) is 8.80. The van der Waals surface area contributed by atoms with Crippen molar-refractivity contribution in [3.63, 3.8) is 0 Å². The van der Waals surface area contributed by atoms with Gasteiger partial charge in [0.1, 0.15) is 24.2 Å². The lowest BCUT2D eigenvalue weighted by molar-refractivity contribution is -0.152. The predicted octanol–water partition coefficient (Wildman–Crippen LogP) is 4.81. The van der Waals surface area contributed by atoms with Crippen LogP contribution in [0, 0.1) is 11.3 Å². The van der Waals surface area contributed by atoms with E-state index in [-0.39, 0.29) is 23.1 Å². The molecule has 2 unspecified atom stereocenters. The Morgan fingerprint density at radius 1 is 1.04 bits per heavy atom. The van der Waals surface area contributed by atoms with Crippen LogP contribution >= 0.6 is 0 Å². The SMILES string of the molecule is N#Cc1cnn2cc(OCCN3CCOC4(CC4)C3)cc(-c3ccc(N4CC5CC(C4)N5C(=O)C4(c5ccccc5)CCCC4)nc3)c12. The number of amides is 1. The Labute approximate surface area is 280 Å². The highest BCUT2D eigenvalue weighted by molar-refractivity contribution is 5.90. The van der Waals surface area contributed by atoms with Crippen LogP contribution in [-0.4, -0.2) is 93.9 Å². The van der Waals surface area contributed by atoms with Gasteiger partial charge in [0.2, 0.25) is 5.91 Å². The fourth-order valence-corrected chi connectivity index (χ4v) is 8.80. The number of hydrogen-bond acceptors (Lipinski definition) is 8. The predicted molar refractivity (Wildman–Crippen MR) is 181 cm³/mol. The van der Waals surface area contributed by atoms with Gasteiger partial charge in [0, 0.05) is 50.0 Å². The Bertz CT molecular complexity index is 1860. The summed E-state index contributed by atoms with van der Waals surface area (Å²) in [6, 6.07) is 19.3. The molecule has 3 aromatic heterocycles. The quantitative estimate of drug-likeness (QED) is 0.270. The highest BCUT2D eigenvalue weighted by Gasteiger charge is 2.54. The van der Waals surface area contributed by atoms with E-state index in [0.717, 1.165) is 107 Å². The Balaban J connectivity index is 0.905. The van der Waals surface area contributed by atoms with E-state index in [1.807, 2.05) is 24.5 Å². The maximum Gasteiger partial charge on any atom is 0.233 e. The van der Waals surface area contributed by atoms with Gasteiger partial charge in [-0.2, -0.15) is 10.4 Å². The van der Waals surface area contributed by atoms with Crippen LogP contribution in [0.3, 0.4) is 0 Å². The number of piperazine rings is 1. The van der Waals surface area contributed by atoms with E-state index < -0.39 is 0 Å². The van der Waals surface area contributed by atoms with E-state index in [4.69, 9.17) is 14.5 Å². The normalized spacial score (nSPS) is 24.0. The first-order valence-corrected chi connectivity index (χ1v) is 17.5. The van der Waals surface area contributed by atoms with Gasteiger partial charge in [-0.1, -0.05) is 43.2 Å². The monoisotopic (exact) mass is 643 g/mol. The van der Waals surface area contributed by atoms with Crippen LogP contribution in [0.15, 0.2) is 67.1 Å². The molecule has 2 saturated carbocycles. The van der Waals surface area contributed by atoms with Gasteiger partial charge in [-0.25, -0.2) is 9.50 Å². The maximum absolute atomic E-state index is 14.2. The number of nitriles is 1. The minimum absolute atomic E-state index is 0.0956. The van der Waals surface area contributed by atoms with Gasteiger partial charge in [0.15, 0.2) is 0 Å². The second kappa shape index (κ2) is 11.6. The van der Waals surface area contributed by atoms with Gasteiger partial charge in [-0.15, -0.1) is 0 Å². The molecule has 4 aliphatic heterocycles. The number of piperidine rings is 1. The number of fused-ring (bicyclic) bond motifs is 3.